The molecule has 2 unspecified atom stereocenters. The van der Waals surface area contributed by atoms with Gasteiger partial charge in [-0.1, -0.05) is 26.0 Å². The quantitative estimate of drug-likeness (QED) is 0.471. The molecule has 216 valence electrons. The van der Waals surface area contributed by atoms with Crippen LogP contribution in [0.4, 0.5) is 31.8 Å². The number of para-hydroxylation sites is 2. The van der Waals surface area contributed by atoms with Gasteiger partial charge in [0, 0.05) is 39.4 Å². The Labute approximate surface area is 232 Å². The number of nitrogens with one attached hydrogen (secondary N) is 2. The molecule has 2 saturated heterocycles. The summed E-state index contributed by atoms with van der Waals surface area (Å²) in [5.41, 5.74) is 1.15. The van der Waals surface area contributed by atoms with Gasteiger partial charge in [-0.05, 0) is 44.5 Å². The number of fused-ring (bicyclic) bond motifs is 1. The fraction of sp³-hybridized carbons (Fsp3) is 0.519. The first-order valence-electron chi connectivity index (χ1n) is 13.6. The van der Waals surface area contributed by atoms with E-state index in [1.807, 2.05) is 27.0 Å². The van der Waals surface area contributed by atoms with Gasteiger partial charge in [0.2, 0.25) is 5.95 Å². The van der Waals surface area contributed by atoms with E-state index in [1.54, 1.807) is 29.2 Å². The number of oxazole rings is 1. The predicted molar refractivity (Wildman–Crippen MR) is 150 cm³/mol. The average Bonchev–Trinajstić information content (AvgIpc) is 3.37. The number of anilines is 3. The number of likely N-dealkylation sites (N-methyl/N-ethyl adjacent to an activating group) is 1. The van der Waals surface area contributed by atoms with Gasteiger partial charge >= 0.3 is 18.1 Å². The number of hydrogen-bond donors (Lipinski definition) is 2. The van der Waals surface area contributed by atoms with Crippen molar-refractivity contribution in [2.24, 2.45) is 0 Å². The number of likely N-dealkylation sites (tertiary alicyclic amines) is 1. The van der Waals surface area contributed by atoms with Crippen molar-refractivity contribution in [1.82, 2.24) is 24.8 Å². The molecule has 2 aliphatic heterocycles. The Morgan fingerprint density at radius 2 is 1.82 bits per heavy atom. The first-order chi connectivity index (χ1) is 19.4. The molecule has 0 saturated carbocycles. The predicted octanol–water partition coefficient (Wildman–Crippen LogP) is 4.37. The minimum atomic E-state index is -1.24. The third kappa shape index (κ3) is 7.14. The van der Waals surface area contributed by atoms with E-state index >= 15 is 0 Å². The summed E-state index contributed by atoms with van der Waals surface area (Å²) in [6, 6.07) is 7.45. The molecule has 2 aliphatic rings. The molecule has 2 atom stereocenters. The third-order valence-corrected chi connectivity index (χ3v) is 6.92. The van der Waals surface area contributed by atoms with Gasteiger partial charge in [0.15, 0.2) is 5.58 Å². The summed E-state index contributed by atoms with van der Waals surface area (Å²) < 4.78 is 26.0. The molecule has 0 spiro atoms. The van der Waals surface area contributed by atoms with Crippen LogP contribution in [0.2, 0.25) is 0 Å². The van der Waals surface area contributed by atoms with Crippen LogP contribution in [0.1, 0.15) is 33.1 Å². The second-order valence-corrected chi connectivity index (χ2v) is 9.62. The average molecular weight is 557 g/mol. The Balaban J connectivity index is 0.00000181. The number of halogens is 1. The van der Waals surface area contributed by atoms with Gasteiger partial charge in [0.25, 0.3) is 0 Å². The molecule has 0 aliphatic carbocycles. The molecular weight excluding hydrogens is 519 g/mol. The monoisotopic (exact) mass is 556 g/mol. The van der Waals surface area contributed by atoms with E-state index in [9.17, 15) is 14.0 Å². The summed E-state index contributed by atoms with van der Waals surface area (Å²) in [4.78, 5) is 43.5. The highest BCUT2D eigenvalue weighted by molar-refractivity contribution is 5.89. The lowest BCUT2D eigenvalue weighted by atomic mass is 10.0. The first kappa shape index (κ1) is 29.0. The Hall–Kier alpha value is -4.00. The molecule has 0 radical (unpaired) electrons. The highest BCUT2D eigenvalue weighted by atomic mass is 19.1. The molecule has 13 heteroatoms. The maximum Gasteiger partial charge on any atom is 0.413 e. The molecule has 0 bridgehead atoms. The number of ether oxygens (including phenoxy) is 1. The molecule has 3 aromatic rings. The molecule has 2 N–H and O–H groups in total. The Morgan fingerprint density at radius 3 is 2.58 bits per heavy atom. The molecule has 4 heterocycles. The van der Waals surface area contributed by atoms with Crippen LogP contribution in [0.5, 0.6) is 0 Å². The number of nitrogens with zero attached hydrogens (tertiary/aromatic N) is 6. The molecule has 1 aromatic carbocycles. The van der Waals surface area contributed by atoms with Crippen molar-refractivity contribution in [2.75, 3.05) is 55.8 Å². The minimum Gasteiger partial charge on any atom is -0.446 e. The smallest absolute Gasteiger partial charge is 0.413 e. The summed E-state index contributed by atoms with van der Waals surface area (Å²) >= 11 is 0. The van der Waals surface area contributed by atoms with Gasteiger partial charge in [-0.3, -0.25) is 10.6 Å². The van der Waals surface area contributed by atoms with Crippen molar-refractivity contribution in [2.45, 2.75) is 51.4 Å². The first-order valence-corrected chi connectivity index (χ1v) is 13.6. The SMILES string of the molecule is CC.CN1CCC(OC(=O)Nc2ccnc(N3CCC(F)C(N(C)C(=O)Nc4nc5ccccc5o4)C3)n2)CC1. The number of amides is 3. The van der Waals surface area contributed by atoms with Crippen LogP contribution in [0.15, 0.2) is 40.9 Å². The molecule has 12 nitrogen and oxygen atoms in total. The van der Waals surface area contributed by atoms with E-state index in [-0.39, 0.29) is 30.9 Å². The zero-order valence-corrected chi connectivity index (χ0v) is 23.3. The van der Waals surface area contributed by atoms with E-state index in [1.165, 1.54) is 18.1 Å². The van der Waals surface area contributed by atoms with Crippen LogP contribution < -0.4 is 15.5 Å². The van der Waals surface area contributed by atoms with Crippen LogP contribution in [-0.4, -0.2) is 95.5 Å². The molecule has 40 heavy (non-hydrogen) atoms. The van der Waals surface area contributed by atoms with Crippen LogP contribution in [-0.2, 0) is 4.74 Å². The van der Waals surface area contributed by atoms with Crippen LogP contribution in [0.3, 0.4) is 0 Å². The van der Waals surface area contributed by atoms with Crippen molar-refractivity contribution in [1.29, 1.82) is 0 Å². The molecular formula is C27H37FN8O4. The lowest BCUT2D eigenvalue weighted by molar-refractivity contribution is 0.0661. The lowest BCUT2D eigenvalue weighted by Crippen LogP contribution is -2.55. The summed E-state index contributed by atoms with van der Waals surface area (Å²) in [7, 11) is 3.56. The van der Waals surface area contributed by atoms with Crippen LogP contribution in [0.25, 0.3) is 11.1 Å². The zero-order chi connectivity index (χ0) is 28.6. The number of benzene rings is 1. The zero-order valence-electron chi connectivity index (χ0n) is 23.3. The molecule has 2 aromatic heterocycles. The lowest BCUT2D eigenvalue weighted by Gasteiger charge is -2.39. The van der Waals surface area contributed by atoms with Gasteiger partial charge < -0.3 is 23.9 Å². The topological polar surface area (TPSA) is 129 Å². The van der Waals surface area contributed by atoms with Crippen molar-refractivity contribution < 1.29 is 23.1 Å². The van der Waals surface area contributed by atoms with E-state index < -0.39 is 24.3 Å². The molecule has 3 amide bonds. The van der Waals surface area contributed by atoms with Gasteiger partial charge in [0.1, 0.15) is 23.6 Å². The van der Waals surface area contributed by atoms with Crippen molar-refractivity contribution in [3.8, 4) is 0 Å². The van der Waals surface area contributed by atoms with Crippen molar-refractivity contribution in [3.63, 3.8) is 0 Å². The standard InChI is InChI=1S/C25H31FN8O4.C2H6/c1-32-12-8-16(9-13-32)37-25(36)30-21-7-11-27-22(29-21)34-14-10-17(26)19(15-34)33(2)24(35)31-23-28-18-5-3-4-6-20(18)38-23;1-2/h3-7,11,16-17,19H,8-10,12-15H2,1-2H3,(H,28,31,35)(H,27,29,30,36);1-2H3. The number of carbonyl (C=O) groups is 2. The number of hydrogen-bond acceptors (Lipinski definition) is 9. The fourth-order valence-corrected chi connectivity index (χ4v) is 4.66. The second kappa shape index (κ2) is 13.4. The second-order valence-electron chi connectivity index (χ2n) is 9.62. The number of rotatable bonds is 5. The van der Waals surface area contributed by atoms with E-state index in [2.05, 4.69) is 30.5 Å². The Kier molecular flexibility index (Phi) is 9.70. The van der Waals surface area contributed by atoms with E-state index in [0.29, 0.717) is 23.6 Å². The molecule has 5 rings (SSSR count). The summed E-state index contributed by atoms with van der Waals surface area (Å²) in [6.07, 6.45) is 1.33. The van der Waals surface area contributed by atoms with Gasteiger partial charge in [-0.25, -0.2) is 19.0 Å². The fourth-order valence-electron chi connectivity index (χ4n) is 4.66. The van der Waals surface area contributed by atoms with Crippen molar-refractivity contribution >= 4 is 41.0 Å². The number of aromatic nitrogens is 3. The minimum absolute atomic E-state index is 0.0420. The summed E-state index contributed by atoms with van der Waals surface area (Å²) in [5.74, 6) is 0.612. The maximum absolute atomic E-state index is 14.9. The van der Waals surface area contributed by atoms with E-state index in [0.717, 1.165) is 25.9 Å². The normalized spacial score (nSPS) is 19.9. The van der Waals surface area contributed by atoms with Crippen molar-refractivity contribution in [3.05, 3.63) is 36.5 Å². The number of alkyl halides is 1. The maximum atomic E-state index is 14.9. The van der Waals surface area contributed by atoms with Gasteiger partial charge in [-0.15, -0.1) is 0 Å². The van der Waals surface area contributed by atoms with Crippen LogP contribution in [0, 0.1) is 0 Å². The summed E-state index contributed by atoms with van der Waals surface area (Å²) in [5, 5.41) is 5.26. The van der Waals surface area contributed by atoms with Gasteiger partial charge in [0.05, 0.1) is 6.04 Å². The van der Waals surface area contributed by atoms with E-state index in [4.69, 9.17) is 9.15 Å². The third-order valence-electron chi connectivity index (χ3n) is 6.92. The molecule has 2 fully saturated rings. The highest BCUT2D eigenvalue weighted by Gasteiger charge is 2.35. The van der Waals surface area contributed by atoms with Gasteiger partial charge in [-0.2, -0.15) is 9.97 Å². The Morgan fingerprint density at radius 1 is 1.07 bits per heavy atom. The number of carbonyl (C=O) groups excluding carboxylic acids is 2. The largest absolute Gasteiger partial charge is 0.446 e. The van der Waals surface area contributed by atoms with Crippen LogP contribution >= 0.6 is 0 Å². The summed E-state index contributed by atoms with van der Waals surface area (Å²) in [6.45, 7) is 6.29. The Bertz CT molecular complexity index is 1250. The highest BCUT2D eigenvalue weighted by Crippen LogP contribution is 2.24. The number of urea groups is 1. The number of piperidine rings is 2.